The van der Waals surface area contributed by atoms with Gasteiger partial charge in [-0.15, -0.1) is 0 Å². The lowest BCUT2D eigenvalue weighted by atomic mass is 9.94. The van der Waals surface area contributed by atoms with Crippen LogP contribution in [0.3, 0.4) is 0 Å². The summed E-state index contributed by atoms with van der Waals surface area (Å²) >= 11 is 5.81. The van der Waals surface area contributed by atoms with Crippen molar-refractivity contribution in [1.82, 2.24) is 9.55 Å². The third-order valence-electron chi connectivity index (χ3n) is 6.33. The van der Waals surface area contributed by atoms with Gasteiger partial charge >= 0.3 is 5.97 Å². The van der Waals surface area contributed by atoms with E-state index in [9.17, 15) is 24.3 Å². The zero-order chi connectivity index (χ0) is 26.4. The fraction of sp³-hybridized carbons (Fsp3) is 0.407. The molecule has 0 bridgehead atoms. The number of aromatic nitrogens is 2. The Labute approximate surface area is 214 Å². The monoisotopic (exact) mass is 513 g/mol. The maximum Gasteiger partial charge on any atom is 0.303 e. The van der Waals surface area contributed by atoms with E-state index in [0.717, 1.165) is 25.0 Å². The number of halogens is 2. The van der Waals surface area contributed by atoms with Crippen LogP contribution in [0, 0.1) is 23.1 Å². The third-order valence-corrected chi connectivity index (χ3v) is 6.62. The molecule has 0 saturated carbocycles. The molecule has 190 valence electrons. The first-order valence-corrected chi connectivity index (χ1v) is 12.3. The van der Waals surface area contributed by atoms with Crippen LogP contribution in [0.1, 0.15) is 78.7 Å². The van der Waals surface area contributed by atoms with Crippen LogP contribution in [0.15, 0.2) is 30.5 Å². The highest BCUT2D eigenvalue weighted by Crippen LogP contribution is 2.30. The van der Waals surface area contributed by atoms with Crippen LogP contribution in [0.2, 0.25) is 5.02 Å². The summed E-state index contributed by atoms with van der Waals surface area (Å²) in [6.45, 7) is 1.73. The Bertz CT molecular complexity index is 1310. The van der Waals surface area contributed by atoms with Crippen molar-refractivity contribution in [2.75, 3.05) is 0 Å². The highest BCUT2D eigenvalue weighted by molar-refractivity contribution is 6.30. The summed E-state index contributed by atoms with van der Waals surface area (Å²) in [5.41, 5.74) is 2.81. The standard InChI is InChI=1S/C27H29ClFN3O4/c1-16(11-25(35)36)10-24(34)26-19-12-17(14-30)15-31-27(19)32(2)22(26)6-4-3-5-7-23(33)18-8-9-21(29)20(28)13-18/h8-9,12-13,15-16,23,33H,3-7,10-11H2,1-2H3,(H,35,36)/t16-,23?/m0/s1. The number of pyridine rings is 1. The van der Waals surface area contributed by atoms with Crippen molar-refractivity contribution in [3.8, 4) is 6.07 Å². The van der Waals surface area contributed by atoms with Gasteiger partial charge in [-0.25, -0.2) is 9.37 Å². The smallest absolute Gasteiger partial charge is 0.303 e. The molecule has 0 fully saturated rings. The summed E-state index contributed by atoms with van der Waals surface area (Å²) in [7, 11) is 1.83. The Kier molecular flexibility index (Phi) is 9.19. The second kappa shape index (κ2) is 12.1. The third kappa shape index (κ3) is 6.48. The van der Waals surface area contributed by atoms with Gasteiger partial charge in [-0.05, 0) is 48.9 Å². The number of benzene rings is 1. The molecule has 3 rings (SSSR count). The maximum absolute atomic E-state index is 13.4. The molecule has 0 amide bonds. The Morgan fingerprint density at radius 1 is 1.22 bits per heavy atom. The Morgan fingerprint density at radius 2 is 1.97 bits per heavy atom. The van der Waals surface area contributed by atoms with E-state index >= 15 is 0 Å². The quantitative estimate of drug-likeness (QED) is 0.235. The average molecular weight is 514 g/mol. The van der Waals surface area contributed by atoms with Gasteiger partial charge in [0, 0.05) is 42.7 Å². The lowest BCUT2D eigenvalue weighted by Crippen LogP contribution is -2.12. The van der Waals surface area contributed by atoms with Crippen LogP contribution in [0.5, 0.6) is 0 Å². The first-order chi connectivity index (χ1) is 17.1. The van der Waals surface area contributed by atoms with Gasteiger partial charge in [0.1, 0.15) is 17.5 Å². The number of hydrogen-bond acceptors (Lipinski definition) is 5. The molecule has 1 unspecified atom stereocenters. The predicted octanol–water partition coefficient (Wildman–Crippen LogP) is 5.76. The molecule has 0 radical (unpaired) electrons. The van der Waals surface area contributed by atoms with Crippen molar-refractivity contribution >= 4 is 34.4 Å². The molecule has 2 atom stereocenters. The number of carbonyl (C=O) groups is 2. The molecule has 1 aromatic carbocycles. The van der Waals surface area contributed by atoms with Gasteiger partial charge in [0.15, 0.2) is 5.78 Å². The number of hydrogen-bond donors (Lipinski definition) is 2. The number of carboxylic acid groups (broad SMARTS) is 1. The van der Waals surface area contributed by atoms with Gasteiger partial charge in [-0.2, -0.15) is 5.26 Å². The lowest BCUT2D eigenvalue weighted by molar-refractivity contribution is -0.137. The van der Waals surface area contributed by atoms with Crippen LogP contribution in [0.25, 0.3) is 11.0 Å². The summed E-state index contributed by atoms with van der Waals surface area (Å²) < 4.78 is 15.2. The number of aliphatic hydroxyl groups is 1. The van der Waals surface area contributed by atoms with Crippen molar-refractivity contribution in [3.63, 3.8) is 0 Å². The van der Waals surface area contributed by atoms with E-state index in [2.05, 4.69) is 11.1 Å². The number of carbonyl (C=O) groups excluding carboxylic acids is 1. The molecule has 0 saturated heterocycles. The van der Waals surface area contributed by atoms with E-state index in [1.54, 1.807) is 13.0 Å². The fourth-order valence-corrected chi connectivity index (χ4v) is 4.70. The van der Waals surface area contributed by atoms with Gasteiger partial charge in [0.25, 0.3) is 0 Å². The Hall–Kier alpha value is -3.28. The molecule has 2 aromatic heterocycles. The number of aryl methyl sites for hydroxylation is 1. The predicted molar refractivity (Wildman–Crippen MR) is 134 cm³/mol. The first-order valence-electron chi connectivity index (χ1n) is 11.9. The Balaban J connectivity index is 1.72. The van der Waals surface area contributed by atoms with E-state index in [-0.39, 0.29) is 29.6 Å². The van der Waals surface area contributed by atoms with Crippen molar-refractivity contribution in [3.05, 3.63) is 63.7 Å². The first kappa shape index (κ1) is 27.3. The van der Waals surface area contributed by atoms with Gasteiger partial charge in [-0.3, -0.25) is 9.59 Å². The number of aliphatic hydroxyl groups excluding tert-OH is 1. The number of fused-ring (bicyclic) bond motifs is 1. The molecule has 0 spiro atoms. The van der Waals surface area contributed by atoms with Gasteiger partial charge in [-0.1, -0.05) is 37.4 Å². The highest BCUT2D eigenvalue weighted by atomic mass is 35.5. The number of nitriles is 1. The molecule has 0 aliphatic heterocycles. The number of rotatable bonds is 12. The van der Waals surface area contributed by atoms with E-state index < -0.39 is 17.9 Å². The average Bonchev–Trinajstić information content (AvgIpc) is 3.10. The number of aliphatic carboxylic acids is 1. The van der Waals surface area contributed by atoms with E-state index in [1.807, 2.05) is 11.6 Å². The SMILES string of the molecule is C[C@H](CC(=O)O)CC(=O)c1c(CCCCCC(O)c2ccc(F)c(Cl)c2)n(C)c2ncc(C#N)cc12. The van der Waals surface area contributed by atoms with Crippen LogP contribution in [-0.2, 0) is 18.3 Å². The summed E-state index contributed by atoms with van der Waals surface area (Å²) in [5, 5.41) is 29.4. The Morgan fingerprint density at radius 3 is 2.64 bits per heavy atom. The highest BCUT2D eigenvalue weighted by Gasteiger charge is 2.24. The van der Waals surface area contributed by atoms with E-state index in [0.29, 0.717) is 40.6 Å². The zero-order valence-corrected chi connectivity index (χ0v) is 21.1. The van der Waals surface area contributed by atoms with Crippen LogP contribution in [0.4, 0.5) is 4.39 Å². The fourth-order valence-electron chi connectivity index (χ4n) is 4.51. The van der Waals surface area contributed by atoms with Crippen LogP contribution in [-0.4, -0.2) is 31.5 Å². The molecule has 3 aromatic rings. The van der Waals surface area contributed by atoms with Crippen molar-refractivity contribution < 1.29 is 24.2 Å². The van der Waals surface area contributed by atoms with Crippen molar-refractivity contribution in [1.29, 1.82) is 5.26 Å². The number of unbranched alkanes of at least 4 members (excludes halogenated alkanes) is 2. The lowest BCUT2D eigenvalue weighted by Gasteiger charge is -2.12. The van der Waals surface area contributed by atoms with Gasteiger partial charge in [0.2, 0.25) is 0 Å². The van der Waals surface area contributed by atoms with Gasteiger partial charge in [0.05, 0.1) is 16.7 Å². The molecule has 9 heteroatoms. The molecule has 7 nitrogen and oxygen atoms in total. The number of Topliss-reactive ketones (excluding diaryl/α,β-unsaturated/α-hetero) is 1. The topological polar surface area (TPSA) is 116 Å². The minimum atomic E-state index is -0.952. The summed E-state index contributed by atoms with van der Waals surface area (Å²) in [4.78, 5) is 28.7. The summed E-state index contributed by atoms with van der Waals surface area (Å²) in [6.07, 6.45) is 4.03. The maximum atomic E-state index is 13.4. The largest absolute Gasteiger partial charge is 0.481 e. The van der Waals surface area contributed by atoms with Gasteiger partial charge < -0.3 is 14.8 Å². The van der Waals surface area contributed by atoms with E-state index in [4.69, 9.17) is 16.7 Å². The van der Waals surface area contributed by atoms with E-state index in [1.165, 1.54) is 24.4 Å². The number of nitrogens with zero attached hydrogens (tertiary/aromatic N) is 3. The van der Waals surface area contributed by atoms with Crippen molar-refractivity contribution in [2.24, 2.45) is 13.0 Å². The van der Waals surface area contributed by atoms with Crippen LogP contribution < -0.4 is 0 Å². The molecule has 2 N–H and O–H groups in total. The minimum absolute atomic E-state index is 0.0228. The normalized spacial score (nSPS) is 12.9. The molecule has 0 aliphatic rings. The number of ketones is 1. The minimum Gasteiger partial charge on any atom is -0.481 e. The molecular weight excluding hydrogens is 485 g/mol. The molecule has 0 aliphatic carbocycles. The summed E-state index contributed by atoms with van der Waals surface area (Å²) in [5.74, 6) is -1.97. The molecular formula is C27H29ClFN3O4. The second-order valence-corrected chi connectivity index (χ2v) is 9.61. The second-order valence-electron chi connectivity index (χ2n) is 9.21. The molecule has 2 heterocycles. The summed E-state index contributed by atoms with van der Waals surface area (Å²) in [6, 6.07) is 7.91. The zero-order valence-electron chi connectivity index (χ0n) is 20.3. The van der Waals surface area contributed by atoms with Crippen molar-refractivity contribution in [2.45, 2.75) is 58.0 Å². The van der Waals surface area contributed by atoms with Crippen LogP contribution >= 0.6 is 11.6 Å². The number of carboxylic acids is 1. The molecule has 36 heavy (non-hydrogen) atoms.